The molecule has 1 N–H and O–H groups in total. The number of hydrogen-bond donors (Lipinski definition) is 1. The molecule has 7 nitrogen and oxygen atoms in total. The quantitative estimate of drug-likeness (QED) is 0.917. The largest absolute Gasteiger partial charge is 0.337 e. The number of carbonyl (C=O) groups is 1. The van der Waals surface area contributed by atoms with Gasteiger partial charge in [-0.15, -0.1) is 0 Å². The fourth-order valence-electron chi connectivity index (χ4n) is 3.45. The Kier molecular flexibility index (Phi) is 4.15. The van der Waals surface area contributed by atoms with Gasteiger partial charge in [0, 0.05) is 37.3 Å². The number of H-pyrrole nitrogens is 1. The Balaban J connectivity index is 1.37. The topological polar surface area (TPSA) is 83.9 Å². The molecule has 132 valence electrons. The minimum atomic E-state index is -0.0325. The lowest BCUT2D eigenvalue weighted by Crippen LogP contribution is -2.40. The maximum atomic E-state index is 12.4. The molecular weight excluding hydrogens is 318 g/mol. The number of amides is 1. The van der Waals surface area contributed by atoms with Crippen molar-refractivity contribution in [3.63, 3.8) is 0 Å². The van der Waals surface area contributed by atoms with Crippen molar-refractivity contribution in [1.82, 2.24) is 24.9 Å². The van der Waals surface area contributed by atoms with E-state index in [0.29, 0.717) is 37.2 Å². The number of carbonyl (C=O) groups excluding carboxylic acids is 1. The van der Waals surface area contributed by atoms with Gasteiger partial charge in [0.2, 0.25) is 0 Å². The van der Waals surface area contributed by atoms with Crippen LogP contribution in [0.1, 0.15) is 53.5 Å². The molecule has 2 aromatic rings. The van der Waals surface area contributed by atoms with Gasteiger partial charge in [-0.05, 0) is 50.7 Å². The Labute approximate surface area is 146 Å². The maximum absolute atomic E-state index is 12.4. The van der Waals surface area contributed by atoms with E-state index in [0.717, 1.165) is 24.2 Å². The summed E-state index contributed by atoms with van der Waals surface area (Å²) in [4.78, 5) is 26.4. The van der Waals surface area contributed by atoms with Crippen LogP contribution in [0.15, 0.2) is 23.0 Å². The molecule has 2 fully saturated rings. The molecule has 7 heteroatoms. The van der Waals surface area contributed by atoms with Gasteiger partial charge >= 0.3 is 0 Å². The molecule has 1 aliphatic heterocycles. The van der Waals surface area contributed by atoms with E-state index in [-0.39, 0.29) is 11.5 Å². The number of nitrogens with one attached hydrogen (secondary N) is 1. The Hall–Kier alpha value is -2.44. The fourth-order valence-corrected chi connectivity index (χ4v) is 3.45. The summed E-state index contributed by atoms with van der Waals surface area (Å²) in [6, 6.07) is 5.28. The Morgan fingerprint density at radius 1 is 1.24 bits per heavy atom. The third-order valence-electron chi connectivity index (χ3n) is 5.14. The molecule has 2 aliphatic rings. The lowest BCUT2D eigenvalue weighted by Gasteiger charge is -2.31. The van der Waals surface area contributed by atoms with Gasteiger partial charge in [0.1, 0.15) is 5.69 Å². The summed E-state index contributed by atoms with van der Waals surface area (Å²) in [5.41, 5.74) is 2.38. The summed E-state index contributed by atoms with van der Waals surface area (Å²) in [5.74, 6) is 0.905. The van der Waals surface area contributed by atoms with Crippen LogP contribution in [-0.4, -0.2) is 43.9 Å². The standard InChI is InChI=1S/C18H23N5O2/c1-12-10-16(20-19-12)18(25)22-8-6-13(7-9-22)11-23-17(24)5-4-15(21-23)14-2-3-14/h4-5,10,13-14H,2-3,6-9,11H2,1H3,(H,19,20). The highest BCUT2D eigenvalue weighted by molar-refractivity contribution is 5.92. The summed E-state index contributed by atoms with van der Waals surface area (Å²) >= 11 is 0. The van der Waals surface area contributed by atoms with Gasteiger partial charge in [-0.25, -0.2) is 4.68 Å². The number of hydrogen-bond acceptors (Lipinski definition) is 4. The van der Waals surface area contributed by atoms with E-state index >= 15 is 0 Å². The van der Waals surface area contributed by atoms with Gasteiger partial charge < -0.3 is 4.90 Å². The highest BCUT2D eigenvalue weighted by Gasteiger charge is 2.27. The molecule has 0 atom stereocenters. The smallest absolute Gasteiger partial charge is 0.274 e. The molecule has 0 radical (unpaired) electrons. The van der Waals surface area contributed by atoms with Crippen molar-refractivity contribution < 1.29 is 4.79 Å². The fraction of sp³-hybridized carbons (Fsp3) is 0.556. The Morgan fingerprint density at radius 2 is 2.00 bits per heavy atom. The second-order valence-corrected chi connectivity index (χ2v) is 7.22. The van der Waals surface area contributed by atoms with Gasteiger partial charge in [0.05, 0.1) is 5.69 Å². The number of likely N-dealkylation sites (tertiary alicyclic amines) is 1. The normalized spacial score (nSPS) is 18.5. The Morgan fingerprint density at radius 3 is 2.64 bits per heavy atom. The predicted octanol–water partition coefficient (Wildman–Crippen LogP) is 1.70. The summed E-state index contributed by atoms with van der Waals surface area (Å²) < 4.78 is 1.62. The van der Waals surface area contributed by atoms with Crippen LogP contribution in [0.25, 0.3) is 0 Å². The van der Waals surface area contributed by atoms with Crippen molar-refractivity contribution in [3.05, 3.63) is 45.6 Å². The van der Waals surface area contributed by atoms with Gasteiger partial charge in [0.15, 0.2) is 0 Å². The number of aryl methyl sites for hydroxylation is 1. The molecule has 3 heterocycles. The van der Waals surface area contributed by atoms with Crippen LogP contribution >= 0.6 is 0 Å². The van der Waals surface area contributed by atoms with E-state index in [1.54, 1.807) is 16.8 Å². The molecular formula is C18H23N5O2. The number of piperidine rings is 1. The van der Waals surface area contributed by atoms with Gasteiger partial charge in [-0.3, -0.25) is 14.7 Å². The molecule has 1 saturated carbocycles. The molecule has 1 amide bonds. The zero-order chi connectivity index (χ0) is 17.4. The number of nitrogens with zero attached hydrogens (tertiary/aromatic N) is 4. The summed E-state index contributed by atoms with van der Waals surface area (Å²) in [7, 11) is 0. The molecule has 4 rings (SSSR count). The van der Waals surface area contributed by atoms with E-state index < -0.39 is 0 Å². The van der Waals surface area contributed by atoms with E-state index in [9.17, 15) is 9.59 Å². The van der Waals surface area contributed by atoms with Crippen molar-refractivity contribution in [1.29, 1.82) is 0 Å². The number of rotatable bonds is 4. The summed E-state index contributed by atoms with van der Waals surface area (Å²) in [6.07, 6.45) is 4.13. The first kappa shape index (κ1) is 16.1. The van der Waals surface area contributed by atoms with Crippen LogP contribution in [0.2, 0.25) is 0 Å². The van der Waals surface area contributed by atoms with Crippen LogP contribution in [-0.2, 0) is 6.54 Å². The molecule has 1 saturated heterocycles. The molecule has 0 spiro atoms. The minimum Gasteiger partial charge on any atom is -0.337 e. The Bertz CT molecular complexity index is 828. The van der Waals surface area contributed by atoms with Crippen LogP contribution < -0.4 is 5.56 Å². The second-order valence-electron chi connectivity index (χ2n) is 7.22. The average Bonchev–Trinajstić information content (AvgIpc) is 3.38. The summed E-state index contributed by atoms with van der Waals surface area (Å²) in [6.45, 7) is 3.93. The molecule has 25 heavy (non-hydrogen) atoms. The van der Waals surface area contributed by atoms with Crippen LogP contribution in [0.5, 0.6) is 0 Å². The van der Waals surface area contributed by atoms with Crippen LogP contribution in [0.3, 0.4) is 0 Å². The van der Waals surface area contributed by atoms with Crippen molar-refractivity contribution in [2.45, 2.75) is 45.1 Å². The zero-order valence-corrected chi connectivity index (χ0v) is 14.4. The number of aromatic amines is 1. The molecule has 1 aliphatic carbocycles. The van der Waals surface area contributed by atoms with E-state index in [1.807, 2.05) is 17.9 Å². The molecule has 2 aromatic heterocycles. The van der Waals surface area contributed by atoms with Crippen molar-refractivity contribution in [3.8, 4) is 0 Å². The molecule has 0 unspecified atom stereocenters. The van der Waals surface area contributed by atoms with Crippen LogP contribution in [0, 0.1) is 12.8 Å². The third kappa shape index (κ3) is 3.50. The lowest BCUT2D eigenvalue weighted by atomic mass is 9.96. The zero-order valence-electron chi connectivity index (χ0n) is 14.4. The van der Waals surface area contributed by atoms with Gasteiger partial charge in [0.25, 0.3) is 11.5 Å². The van der Waals surface area contributed by atoms with Crippen molar-refractivity contribution in [2.24, 2.45) is 5.92 Å². The first-order valence-corrected chi connectivity index (χ1v) is 8.99. The molecule has 0 aromatic carbocycles. The van der Waals surface area contributed by atoms with Gasteiger partial charge in [-0.1, -0.05) is 0 Å². The first-order valence-electron chi connectivity index (χ1n) is 8.99. The van der Waals surface area contributed by atoms with Gasteiger partial charge in [-0.2, -0.15) is 10.2 Å². The van der Waals surface area contributed by atoms with E-state index in [2.05, 4.69) is 15.3 Å². The molecule has 0 bridgehead atoms. The van der Waals surface area contributed by atoms with E-state index in [4.69, 9.17) is 0 Å². The highest BCUT2D eigenvalue weighted by atomic mass is 16.2. The SMILES string of the molecule is Cc1cc(C(=O)N2CCC(Cn3nc(C4CC4)ccc3=O)CC2)n[nH]1. The average molecular weight is 341 g/mol. The summed E-state index contributed by atoms with van der Waals surface area (Å²) in [5, 5.41) is 11.4. The monoisotopic (exact) mass is 341 g/mol. The third-order valence-corrected chi connectivity index (χ3v) is 5.14. The van der Waals surface area contributed by atoms with Crippen molar-refractivity contribution in [2.75, 3.05) is 13.1 Å². The van der Waals surface area contributed by atoms with Crippen LogP contribution in [0.4, 0.5) is 0 Å². The lowest BCUT2D eigenvalue weighted by molar-refractivity contribution is 0.0674. The minimum absolute atomic E-state index is 0.0196. The number of aromatic nitrogens is 4. The predicted molar refractivity (Wildman–Crippen MR) is 92.4 cm³/mol. The van der Waals surface area contributed by atoms with E-state index in [1.165, 1.54) is 12.8 Å². The highest BCUT2D eigenvalue weighted by Crippen LogP contribution is 2.38. The maximum Gasteiger partial charge on any atom is 0.274 e. The first-order chi connectivity index (χ1) is 12.1. The van der Waals surface area contributed by atoms with Crippen molar-refractivity contribution >= 4 is 5.91 Å². The second kappa shape index (κ2) is 6.46.